The molecule has 0 radical (unpaired) electrons. The zero-order chi connectivity index (χ0) is 24.7. The Balaban J connectivity index is 2.55. The predicted octanol–water partition coefficient (Wildman–Crippen LogP) is 1.99. The number of nitrogens with zero attached hydrogens (tertiary/aromatic N) is 2. The molecule has 176 valence electrons. The van der Waals surface area contributed by atoms with Crippen LogP contribution in [0, 0.1) is 20.2 Å². The van der Waals surface area contributed by atoms with E-state index in [1.165, 1.54) is 14.0 Å². The van der Waals surface area contributed by atoms with Gasteiger partial charge in [-0.1, -0.05) is 18.2 Å². The van der Waals surface area contributed by atoms with Gasteiger partial charge in [0.15, 0.2) is 0 Å². The molecule has 0 aliphatic heterocycles. The van der Waals surface area contributed by atoms with Crippen molar-refractivity contribution in [3.63, 3.8) is 0 Å². The van der Waals surface area contributed by atoms with Gasteiger partial charge >= 0.3 is 5.97 Å². The Hall–Kier alpha value is -4.42. The summed E-state index contributed by atoms with van der Waals surface area (Å²) in [7, 11) is 2.61. The van der Waals surface area contributed by atoms with E-state index in [0.717, 1.165) is 19.2 Å². The zero-order valence-electron chi connectivity index (χ0n) is 18.1. The first-order valence-corrected chi connectivity index (χ1v) is 9.58. The van der Waals surface area contributed by atoms with Gasteiger partial charge in [-0.2, -0.15) is 0 Å². The number of ether oxygens (including phenoxy) is 2. The van der Waals surface area contributed by atoms with Crippen molar-refractivity contribution >= 4 is 34.6 Å². The number of primary amides is 1. The summed E-state index contributed by atoms with van der Waals surface area (Å²) in [5.74, 6) is -1.03. The van der Waals surface area contributed by atoms with Gasteiger partial charge in [0.05, 0.1) is 30.1 Å². The Morgan fingerprint density at radius 3 is 2.12 bits per heavy atom. The van der Waals surface area contributed by atoms with E-state index in [1.54, 1.807) is 24.3 Å². The number of nitrogens with two attached hydrogens (primary N) is 1. The summed E-state index contributed by atoms with van der Waals surface area (Å²) in [5, 5.41) is 28.4. The van der Waals surface area contributed by atoms with Crippen LogP contribution in [0.4, 0.5) is 22.7 Å². The minimum absolute atomic E-state index is 0.0330. The van der Waals surface area contributed by atoms with Gasteiger partial charge in [0.2, 0.25) is 5.91 Å². The predicted molar refractivity (Wildman–Crippen MR) is 118 cm³/mol. The number of para-hydroxylation sites is 1. The van der Waals surface area contributed by atoms with Gasteiger partial charge in [-0.15, -0.1) is 0 Å². The standard InChI is InChI=1S/C20H23N5O8/c1-11(19(21)26)22-13-9-14(17(25(30)31)10-16(13)24(28)29)23-15(20(27)33-3)8-12-6-4-5-7-18(12)32-2/h4-7,9-11,15,22-23H,8H2,1-3H3,(H2,21,26)/t11-,15-/m0/s1. The maximum Gasteiger partial charge on any atom is 0.328 e. The first-order valence-electron chi connectivity index (χ1n) is 9.58. The monoisotopic (exact) mass is 461 g/mol. The van der Waals surface area contributed by atoms with Gasteiger partial charge in [-0.3, -0.25) is 25.0 Å². The van der Waals surface area contributed by atoms with Crippen LogP contribution in [-0.4, -0.2) is 48.0 Å². The summed E-state index contributed by atoms with van der Waals surface area (Å²) < 4.78 is 10.1. The van der Waals surface area contributed by atoms with E-state index in [-0.39, 0.29) is 17.8 Å². The molecule has 1 amide bonds. The van der Waals surface area contributed by atoms with Crippen LogP contribution in [0.15, 0.2) is 36.4 Å². The number of amides is 1. The van der Waals surface area contributed by atoms with E-state index in [9.17, 15) is 29.8 Å². The average Bonchev–Trinajstić information content (AvgIpc) is 2.77. The zero-order valence-corrected chi connectivity index (χ0v) is 18.1. The number of rotatable bonds is 11. The SMILES string of the molecule is COC(=O)[C@H](Cc1ccccc1OC)Nc1cc(N[C@@H](C)C(N)=O)c([N+](=O)[O-])cc1[N+](=O)[O-]. The van der Waals surface area contributed by atoms with Crippen molar-refractivity contribution in [1.29, 1.82) is 0 Å². The summed E-state index contributed by atoms with van der Waals surface area (Å²) in [6, 6.07) is 6.56. The summed E-state index contributed by atoms with van der Waals surface area (Å²) >= 11 is 0. The molecular weight excluding hydrogens is 438 g/mol. The molecule has 2 rings (SSSR count). The molecule has 2 aromatic rings. The number of anilines is 2. The molecule has 2 atom stereocenters. The summed E-state index contributed by atoms with van der Waals surface area (Å²) in [4.78, 5) is 45.3. The maximum atomic E-state index is 12.4. The molecule has 0 aromatic heterocycles. The van der Waals surface area contributed by atoms with Gasteiger partial charge in [-0.05, 0) is 24.6 Å². The van der Waals surface area contributed by atoms with Gasteiger partial charge in [0, 0.05) is 6.42 Å². The summed E-state index contributed by atoms with van der Waals surface area (Å²) in [6.45, 7) is 1.37. The Bertz CT molecular complexity index is 1070. The number of carbonyl (C=O) groups is 2. The molecule has 0 fully saturated rings. The lowest BCUT2D eigenvalue weighted by Gasteiger charge is -2.20. The maximum absolute atomic E-state index is 12.4. The fourth-order valence-electron chi connectivity index (χ4n) is 3.03. The van der Waals surface area contributed by atoms with E-state index in [0.29, 0.717) is 11.3 Å². The van der Waals surface area contributed by atoms with Crippen molar-refractivity contribution in [1.82, 2.24) is 0 Å². The molecule has 0 saturated heterocycles. The number of nitrogens with one attached hydrogen (secondary N) is 2. The van der Waals surface area contributed by atoms with Gasteiger partial charge in [-0.25, -0.2) is 4.79 Å². The highest BCUT2D eigenvalue weighted by Gasteiger charge is 2.29. The molecular formula is C20H23N5O8. The molecule has 0 bridgehead atoms. The third kappa shape index (κ3) is 6.06. The Morgan fingerprint density at radius 2 is 1.61 bits per heavy atom. The first kappa shape index (κ1) is 24.8. The summed E-state index contributed by atoms with van der Waals surface area (Å²) in [5.41, 5.74) is 4.15. The second-order valence-corrected chi connectivity index (χ2v) is 6.91. The van der Waals surface area contributed by atoms with Crippen LogP contribution < -0.4 is 21.1 Å². The first-order chi connectivity index (χ1) is 15.6. The van der Waals surface area contributed by atoms with Crippen LogP contribution in [0.3, 0.4) is 0 Å². The van der Waals surface area contributed by atoms with Crippen LogP contribution in [0.2, 0.25) is 0 Å². The van der Waals surface area contributed by atoms with Crippen molar-refractivity contribution in [2.24, 2.45) is 5.73 Å². The number of esters is 1. The third-order valence-corrected chi connectivity index (χ3v) is 4.74. The second-order valence-electron chi connectivity index (χ2n) is 6.91. The fraction of sp³-hybridized carbons (Fsp3) is 0.300. The van der Waals surface area contributed by atoms with Gasteiger partial charge < -0.3 is 25.8 Å². The lowest BCUT2D eigenvalue weighted by atomic mass is 10.0. The van der Waals surface area contributed by atoms with Crippen molar-refractivity contribution in [3.8, 4) is 5.75 Å². The highest BCUT2D eigenvalue weighted by atomic mass is 16.6. The van der Waals surface area contributed by atoms with Crippen molar-refractivity contribution in [2.45, 2.75) is 25.4 Å². The van der Waals surface area contributed by atoms with Gasteiger partial charge in [0.1, 0.15) is 29.2 Å². The number of hydrogen-bond acceptors (Lipinski definition) is 10. The second kappa shape index (κ2) is 10.7. The van der Waals surface area contributed by atoms with Crippen LogP contribution in [-0.2, 0) is 20.7 Å². The van der Waals surface area contributed by atoms with Crippen LogP contribution in [0.25, 0.3) is 0 Å². The molecule has 4 N–H and O–H groups in total. The van der Waals surface area contributed by atoms with E-state index in [2.05, 4.69) is 10.6 Å². The highest BCUT2D eigenvalue weighted by Crippen LogP contribution is 2.37. The van der Waals surface area contributed by atoms with Crippen LogP contribution in [0.1, 0.15) is 12.5 Å². The average molecular weight is 461 g/mol. The van der Waals surface area contributed by atoms with E-state index >= 15 is 0 Å². The Morgan fingerprint density at radius 1 is 1.03 bits per heavy atom. The fourth-order valence-corrected chi connectivity index (χ4v) is 3.03. The normalized spacial score (nSPS) is 12.2. The largest absolute Gasteiger partial charge is 0.496 e. The van der Waals surface area contributed by atoms with Crippen molar-refractivity contribution in [2.75, 3.05) is 24.9 Å². The Labute approximate surface area is 188 Å². The number of carbonyl (C=O) groups excluding carboxylic acids is 2. The lowest BCUT2D eigenvalue weighted by molar-refractivity contribution is -0.393. The van der Waals surface area contributed by atoms with Crippen molar-refractivity contribution in [3.05, 3.63) is 62.2 Å². The van der Waals surface area contributed by atoms with Crippen LogP contribution in [0.5, 0.6) is 5.75 Å². The van der Waals surface area contributed by atoms with Crippen molar-refractivity contribution < 1.29 is 28.9 Å². The van der Waals surface area contributed by atoms with E-state index in [1.807, 2.05) is 0 Å². The molecule has 13 heteroatoms. The molecule has 0 unspecified atom stereocenters. The molecule has 0 saturated carbocycles. The Kier molecular flexibility index (Phi) is 8.09. The van der Waals surface area contributed by atoms with E-state index in [4.69, 9.17) is 15.2 Å². The molecule has 13 nitrogen and oxygen atoms in total. The molecule has 0 heterocycles. The number of benzene rings is 2. The third-order valence-electron chi connectivity index (χ3n) is 4.74. The number of nitro groups is 2. The van der Waals surface area contributed by atoms with Gasteiger partial charge in [0.25, 0.3) is 11.4 Å². The molecule has 2 aromatic carbocycles. The molecule has 0 aliphatic rings. The number of methoxy groups -OCH3 is 2. The quantitative estimate of drug-likeness (QED) is 0.253. The number of nitro benzene ring substituents is 2. The minimum atomic E-state index is -1.10. The topological polar surface area (TPSA) is 189 Å². The molecule has 33 heavy (non-hydrogen) atoms. The van der Waals surface area contributed by atoms with Crippen LogP contribution >= 0.6 is 0 Å². The van der Waals surface area contributed by atoms with E-state index < -0.39 is 45.2 Å². The lowest BCUT2D eigenvalue weighted by Crippen LogP contribution is -2.34. The highest BCUT2D eigenvalue weighted by molar-refractivity contribution is 5.87. The molecule has 0 aliphatic carbocycles. The smallest absolute Gasteiger partial charge is 0.328 e. The summed E-state index contributed by atoms with van der Waals surface area (Å²) in [6.07, 6.45) is 0.0330. The number of hydrogen-bond donors (Lipinski definition) is 3. The molecule has 0 spiro atoms. The minimum Gasteiger partial charge on any atom is -0.496 e.